The van der Waals surface area contributed by atoms with Crippen molar-refractivity contribution in [3.63, 3.8) is 0 Å². The van der Waals surface area contributed by atoms with Crippen molar-refractivity contribution < 1.29 is 18.8 Å². The molecule has 2 amide bonds. The highest BCUT2D eigenvalue weighted by Crippen LogP contribution is 2.25. The molecule has 2 aromatic rings. The van der Waals surface area contributed by atoms with Gasteiger partial charge in [0.15, 0.2) is 0 Å². The SMILES string of the molecule is CCC(=O)Nc1cccc(NC(=O)C2CC(c3cccc(F)c3)=NO2)c1C. The van der Waals surface area contributed by atoms with Crippen LogP contribution in [0.3, 0.4) is 0 Å². The third-order valence-corrected chi connectivity index (χ3v) is 4.31. The van der Waals surface area contributed by atoms with Gasteiger partial charge in [-0.05, 0) is 36.8 Å². The summed E-state index contributed by atoms with van der Waals surface area (Å²) in [5.41, 5.74) is 3.08. The molecular weight excluding hydrogens is 349 g/mol. The molecule has 1 unspecified atom stereocenters. The second kappa shape index (κ2) is 7.99. The number of nitrogens with one attached hydrogen (secondary N) is 2. The number of oxime groups is 1. The van der Waals surface area contributed by atoms with Gasteiger partial charge in [-0.1, -0.05) is 30.3 Å². The van der Waals surface area contributed by atoms with Crippen molar-refractivity contribution in [3.8, 4) is 0 Å². The molecule has 0 spiro atoms. The molecule has 0 saturated heterocycles. The molecule has 1 heterocycles. The predicted molar refractivity (Wildman–Crippen MR) is 101 cm³/mol. The summed E-state index contributed by atoms with van der Waals surface area (Å²) in [5, 5.41) is 9.52. The van der Waals surface area contributed by atoms with Crippen molar-refractivity contribution in [2.75, 3.05) is 10.6 Å². The van der Waals surface area contributed by atoms with E-state index in [-0.39, 0.29) is 24.1 Å². The summed E-state index contributed by atoms with van der Waals surface area (Å²) in [5.74, 6) is -0.828. The van der Waals surface area contributed by atoms with E-state index in [1.807, 2.05) is 6.92 Å². The molecule has 0 fully saturated rings. The monoisotopic (exact) mass is 369 g/mol. The van der Waals surface area contributed by atoms with Gasteiger partial charge in [0, 0.05) is 29.8 Å². The summed E-state index contributed by atoms with van der Waals surface area (Å²) in [6.07, 6.45) is -0.177. The fraction of sp³-hybridized carbons (Fsp3) is 0.250. The molecule has 1 aliphatic rings. The highest BCUT2D eigenvalue weighted by atomic mass is 19.1. The number of nitrogens with zero attached hydrogens (tertiary/aromatic N) is 1. The minimum atomic E-state index is -0.795. The molecule has 3 rings (SSSR count). The number of amides is 2. The molecule has 0 saturated carbocycles. The third-order valence-electron chi connectivity index (χ3n) is 4.31. The standard InChI is InChI=1S/C20H20FN3O3/c1-3-19(25)22-15-8-5-9-16(12(15)2)23-20(26)18-11-17(24-27-18)13-6-4-7-14(21)10-13/h4-10,18H,3,11H2,1-2H3,(H,22,25)(H,23,26). The number of benzene rings is 2. The first-order valence-electron chi connectivity index (χ1n) is 8.67. The zero-order valence-electron chi connectivity index (χ0n) is 15.1. The maximum absolute atomic E-state index is 13.4. The van der Waals surface area contributed by atoms with Crippen molar-refractivity contribution >= 4 is 28.9 Å². The number of rotatable bonds is 5. The number of hydrogen-bond donors (Lipinski definition) is 2. The number of anilines is 2. The zero-order chi connectivity index (χ0) is 19.4. The van der Waals surface area contributed by atoms with E-state index in [4.69, 9.17) is 4.84 Å². The van der Waals surface area contributed by atoms with Crippen LogP contribution in [0.1, 0.15) is 30.9 Å². The van der Waals surface area contributed by atoms with Crippen LogP contribution in [0.25, 0.3) is 0 Å². The smallest absolute Gasteiger partial charge is 0.268 e. The molecule has 0 aromatic heterocycles. The Balaban J connectivity index is 1.67. The Kier molecular flexibility index (Phi) is 5.49. The van der Waals surface area contributed by atoms with Crippen LogP contribution in [-0.2, 0) is 14.4 Å². The molecule has 27 heavy (non-hydrogen) atoms. The number of carbonyl (C=O) groups is 2. The summed E-state index contributed by atoms with van der Waals surface area (Å²) in [4.78, 5) is 29.4. The summed E-state index contributed by atoms with van der Waals surface area (Å²) < 4.78 is 13.4. The van der Waals surface area contributed by atoms with Crippen LogP contribution in [0, 0.1) is 12.7 Å². The van der Waals surface area contributed by atoms with E-state index < -0.39 is 6.10 Å². The van der Waals surface area contributed by atoms with E-state index in [9.17, 15) is 14.0 Å². The molecule has 0 aliphatic carbocycles. The van der Waals surface area contributed by atoms with Crippen LogP contribution in [0.4, 0.5) is 15.8 Å². The molecular formula is C20H20FN3O3. The molecule has 2 N–H and O–H groups in total. The molecule has 6 nitrogen and oxygen atoms in total. The van der Waals surface area contributed by atoms with Gasteiger partial charge < -0.3 is 15.5 Å². The highest BCUT2D eigenvalue weighted by Gasteiger charge is 2.29. The van der Waals surface area contributed by atoms with Crippen LogP contribution in [0.2, 0.25) is 0 Å². The summed E-state index contributed by atoms with van der Waals surface area (Å²) in [6, 6.07) is 11.3. The van der Waals surface area contributed by atoms with Crippen molar-refractivity contribution in [2.45, 2.75) is 32.8 Å². The molecule has 0 radical (unpaired) electrons. The van der Waals surface area contributed by atoms with Crippen molar-refractivity contribution in [1.82, 2.24) is 0 Å². The van der Waals surface area contributed by atoms with Crippen LogP contribution in [-0.4, -0.2) is 23.6 Å². The molecule has 1 atom stereocenters. The van der Waals surface area contributed by atoms with Gasteiger partial charge in [0.05, 0.1) is 5.71 Å². The van der Waals surface area contributed by atoms with Gasteiger partial charge in [-0.3, -0.25) is 9.59 Å². The van der Waals surface area contributed by atoms with E-state index in [0.717, 1.165) is 5.56 Å². The lowest BCUT2D eigenvalue weighted by molar-refractivity contribution is -0.125. The van der Waals surface area contributed by atoms with Crippen molar-refractivity contribution in [1.29, 1.82) is 0 Å². The molecule has 140 valence electrons. The van der Waals surface area contributed by atoms with E-state index in [2.05, 4.69) is 15.8 Å². The minimum absolute atomic E-state index is 0.103. The maximum Gasteiger partial charge on any atom is 0.268 e. The first-order valence-corrected chi connectivity index (χ1v) is 8.67. The summed E-state index contributed by atoms with van der Waals surface area (Å²) in [6.45, 7) is 3.58. The van der Waals surface area contributed by atoms with E-state index >= 15 is 0 Å². The van der Waals surface area contributed by atoms with Crippen molar-refractivity contribution in [2.24, 2.45) is 5.16 Å². The Bertz CT molecular complexity index is 911. The van der Waals surface area contributed by atoms with Crippen molar-refractivity contribution in [3.05, 3.63) is 59.4 Å². The van der Waals surface area contributed by atoms with E-state index in [0.29, 0.717) is 29.1 Å². The Morgan fingerprint density at radius 3 is 2.59 bits per heavy atom. The normalized spacial score (nSPS) is 15.7. The molecule has 2 aromatic carbocycles. The highest BCUT2D eigenvalue weighted by molar-refractivity contribution is 6.06. The molecule has 0 bridgehead atoms. The lowest BCUT2D eigenvalue weighted by Gasteiger charge is -2.14. The third kappa shape index (κ3) is 4.31. The lowest BCUT2D eigenvalue weighted by atomic mass is 10.0. The number of hydrogen-bond acceptors (Lipinski definition) is 4. The van der Waals surface area contributed by atoms with E-state index in [1.54, 1.807) is 37.3 Å². The van der Waals surface area contributed by atoms with Gasteiger partial charge in [-0.15, -0.1) is 0 Å². The number of halogens is 1. The fourth-order valence-electron chi connectivity index (χ4n) is 2.71. The van der Waals surface area contributed by atoms with Gasteiger partial charge >= 0.3 is 0 Å². The Morgan fingerprint density at radius 1 is 1.19 bits per heavy atom. The molecule has 1 aliphatic heterocycles. The predicted octanol–water partition coefficient (Wildman–Crippen LogP) is 3.61. The largest absolute Gasteiger partial charge is 0.382 e. The quantitative estimate of drug-likeness (QED) is 0.845. The van der Waals surface area contributed by atoms with Crippen LogP contribution in [0.15, 0.2) is 47.6 Å². The average molecular weight is 369 g/mol. The Hall–Kier alpha value is -3.22. The summed E-state index contributed by atoms with van der Waals surface area (Å²) in [7, 11) is 0. The van der Waals surface area contributed by atoms with Gasteiger partial charge in [0.25, 0.3) is 5.91 Å². The summed E-state index contributed by atoms with van der Waals surface area (Å²) >= 11 is 0. The maximum atomic E-state index is 13.4. The fourth-order valence-corrected chi connectivity index (χ4v) is 2.71. The zero-order valence-corrected chi connectivity index (χ0v) is 15.1. The van der Waals surface area contributed by atoms with Gasteiger partial charge in [0.2, 0.25) is 12.0 Å². The van der Waals surface area contributed by atoms with E-state index in [1.165, 1.54) is 12.1 Å². The minimum Gasteiger partial charge on any atom is -0.382 e. The van der Waals surface area contributed by atoms with Crippen LogP contribution < -0.4 is 10.6 Å². The van der Waals surface area contributed by atoms with Crippen LogP contribution >= 0.6 is 0 Å². The average Bonchev–Trinajstić information content (AvgIpc) is 3.15. The second-order valence-corrected chi connectivity index (χ2v) is 6.22. The van der Waals surface area contributed by atoms with Gasteiger partial charge in [-0.25, -0.2) is 4.39 Å². The lowest BCUT2D eigenvalue weighted by Crippen LogP contribution is -2.28. The Morgan fingerprint density at radius 2 is 1.89 bits per heavy atom. The van der Waals surface area contributed by atoms with Gasteiger partial charge in [-0.2, -0.15) is 0 Å². The molecule has 7 heteroatoms. The van der Waals surface area contributed by atoms with Crippen LogP contribution in [0.5, 0.6) is 0 Å². The first-order chi connectivity index (χ1) is 13.0. The Labute approximate surface area is 156 Å². The topological polar surface area (TPSA) is 79.8 Å². The second-order valence-electron chi connectivity index (χ2n) is 6.22. The van der Waals surface area contributed by atoms with Gasteiger partial charge in [0.1, 0.15) is 5.82 Å². The first kappa shape index (κ1) is 18.6. The number of carbonyl (C=O) groups excluding carboxylic acids is 2.